The number of carbonyl (C=O) groups is 7. The molecule has 54 heavy (non-hydrogen) atoms. The Morgan fingerprint density at radius 2 is 1.04 bits per heavy atom. The third-order valence-corrected chi connectivity index (χ3v) is 10.8. The second kappa shape index (κ2) is 31.0. The van der Waals surface area contributed by atoms with E-state index in [0.29, 0.717) is 44.6 Å². The fraction of sp³-hybridized carbons (Fsp3) is 0.833. The largest absolute Gasteiger partial charge is 0.481 e. The molecule has 12 nitrogen and oxygen atoms in total. The Bertz CT molecular complexity index is 1120. The van der Waals surface area contributed by atoms with Crippen LogP contribution in [0.1, 0.15) is 193 Å². The van der Waals surface area contributed by atoms with Crippen LogP contribution in [0.3, 0.4) is 0 Å². The van der Waals surface area contributed by atoms with Crippen molar-refractivity contribution in [3.05, 3.63) is 0 Å². The molecule has 0 spiro atoms. The smallest absolute Gasteiger partial charge is 0.306 e. The van der Waals surface area contributed by atoms with Crippen molar-refractivity contribution in [1.29, 1.82) is 0 Å². The lowest BCUT2D eigenvalue weighted by Crippen LogP contribution is -2.41. The third kappa shape index (κ3) is 25.7. The van der Waals surface area contributed by atoms with Gasteiger partial charge in [0.15, 0.2) is 5.78 Å². The SMILES string of the molecule is CCCC(=O)C(CCC(=O)O)NC(=O)CCC(CC(=O)C1CCC(CNC(=O)CCCCCCCCCCCCCCCCCCC(=O)O)CC1)C(=O)O. The highest BCUT2D eigenvalue weighted by Gasteiger charge is 2.31. The van der Waals surface area contributed by atoms with Crippen LogP contribution < -0.4 is 10.6 Å². The summed E-state index contributed by atoms with van der Waals surface area (Å²) in [5.41, 5.74) is 0. The average Bonchev–Trinajstić information content (AvgIpc) is 3.13. The predicted molar refractivity (Wildman–Crippen MR) is 208 cm³/mol. The maximum absolute atomic E-state index is 13.0. The first-order valence-corrected chi connectivity index (χ1v) is 21.2. The second-order valence-electron chi connectivity index (χ2n) is 15.6. The highest BCUT2D eigenvalue weighted by Crippen LogP contribution is 2.31. The fourth-order valence-corrected chi connectivity index (χ4v) is 7.37. The number of rotatable bonds is 35. The van der Waals surface area contributed by atoms with Gasteiger partial charge in [0.25, 0.3) is 0 Å². The maximum Gasteiger partial charge on any atom is 0.306 e. The molecule has 2 unspecified atom stereocenters. The first-order valence-electron chi connectivity index (χ1n) is 21.2. The zero-order valence-corrected chi connectivity index (χ0v) is 33.2. The van der Waals surface area contributed by atoms with Gasteiger partial charge >= 0.3 is 17.9 Å². The molecular weight excluding hydrogens is 692 g/mol. The van der Waals surface area contributed by atoms with E-state index < -0.39 is 35.8 Å². The van der Waals surface area contributed by atoms with Crippen molar-refractivity contribution in [3.63, 3.8) is 0 Å². The minimum atomic E-state index is -1.15. The van der Waals surface area contributed by atoms with Crippen LogP contribution in [0.5, 0.6) is 0 Å². The molecule has 0 aromatic heterocycles. The molecule has 1 fully saturated rings. The van der Waals surface area contributed by atoms with Gasteiger partial charge in [-0.15, -0.1) is 0 Å². The molecule has 0 aromatic carbocycles. The molecule has 2 amide bonds. The average molecular weight is 765 g/mol. The number of nitrogens with one attached hydrogen (secondary N) is 2. The number of aliphatic carboxylic acids is 3. The van der Waals surface area contributed by atoms with Crippen molar-refractivity contribution in [2.75, 3.05) is 6.54 Å². The molecule has 310 valence electrons. The van der Waals surface area contributed by atoms with Gasteiger partial charge in [0.2, 0.25) is 11.8 Å². The van der Waals surface area contributed by atoms with Crippen LogP contribution in [0.2, 0.25) is 0 Å². The molecule has 12 heteroatoms. The fourth-order valence-electron chi connectivity index (χ4n) is 7.37. The Labute approximate surface area is 323 Å². The quantitative estimate of drug-likeness (QED) is 0.0392. The van der Waals surface area contributed by atoms with E-state index in [0.717, 1.165) is 51.4 Å². The van der Waals surface area contributed by atoms with Crippen LogP contribution in [-0.4, -0.2) is 69.2 Å². The summed E-state index contributed by atoms with van der Waals surface area (Å²) >= 11 is 0. The van der Waals surface area contributed by atoms with E-state index in [4.69, 9.17) is 10.2 Å². The Kier molecular flexibility index (Phi) is 27.9. The second-order valence-corrected chi connectivity index (χ2v) is 15.6. The van der Waals surface area contributed by atoms with Crippen molar-refractivity contribution in [3.8, 4) is 0 Å². The Morgan fingerprint density at radius 1 is 0.556 bits per heavy atom. The Balaban J connectivity index is 2.12. The summed E-state index contributed by atoms with van der Waals surface area (Å²) in [7, 11) is 0. The molecule has 1 aliphatic rings. The summed E-state index contributed by atoms with van der Waals surface area (Å²) in [4.78, 5) is 83.7. The van der Waals surface area contributed by atoms with Gasteiger partial charge in [0, 0.05) is 51.0 Å². The van der Waals surface area contributed by atoms with Crippen molar-refractivity contribution in [2.24, 2.45) is 17.8 Å². The zero-order chi connectivity index (χ0) is 40.0. The van der Waals surface area contributed by atoms with Crippen LogP contribution in [0.25, 0.3) is 0 Å². The first kappa shape index (κ1) is 48.7. The molecule has 0 aliphatic heterocycles. The highest BCUT2D eigenvalue weighted by atomic mass is 16.4. The topological polar surface area (TPSA) is 204 Å². The van der Waals surface area contributed by atoms with E-state index in [1.54, 1.807) is 0 Å². The molecule has 0 bridgehead atoms. The lowest BCUT2D eigenvalue weighted by molar-refractivity contribution is -0.145. The zero-order valence-electron chi connectivity index (χ0n) is 33.2. The number of carboxylic acids is 3. The van der Waals surface area contributed by atoms with E-state index in [1.807, 2.05) is 6.92 Å². The van der Waals surface area contributed by atoms with Crippen LogP contribution in [0.15, 0.2) is 0 Å². The van der Waals surface area contributed by atoms with Crippen molar-refractivity contribution >= 4 is 41.3 Å². The molecule has 1 saturated carbocycles. The summed E-state index contributed by atoms with van der Waals surface area (Å²) in [6.07, 6.45) is 22.6. The number of unbranched alkanes of at least 4 members (excludes halogenated alkanes) is 15. The van der Waals surface area contributed by atoms with Crippen LogP contribution in [-0.2, 0) is 33.6 Å². The summed E-state index contributed by atoms with van der Waals surface area (Å²) in [6.45, 7) is 2.40. The van der Waals surface area contributed by atoms with Gasteiger partial charge in [-0.1, -0.05) is 96.8 Å². The van der Waals surface area contributed by atoms with Gasteiger partial charge in [-0.2, -0.15) is 0 Å². The van der Waals surface area contributed by atoms with Gasteiger partial charge < -0.3 is 26.0 Å². The predicted octanol–water partition coefficient (Wildman–Crippen LogP) is 8.17. The first-order chi connectivity index (χ1) is 25.9. The van der Waals surface area contributed by atoms with Crippen LogP contribution in [0, 0.1) is 17.8 Å². The molecule has 0 aromatic rings. The number of amides is 2. The lowest BCUT2D eigenvalue weighted by Gasteiger charge is -2.28. The molecule has 0 radical (unpaired) electrons. The Morgan fingerprint density at radius 3 is 1.50 bits per heavy atom. The summed E-state index contributed by atoms with van der Waals surface area (Å²) in [5.74, 6) is -4.70. The molecule has 5 N–H and O–H groups in total. The lowest BCUT2D eigenvalue weighted by atomic mass is 9.78. The Hall–Kier alpha value is -3.31. The van der Waals surface area contributed by atoms with Gasteiger partial charge in [0.1, 0.15) is 5.78 Å². The number of carbonyl (C=O) groups excluding carboxylic acids is 4. The van der Waals surface area contributed by atoms with E-state index >= 15 is 0 Å². The monoisotopic (exact) mass is 765 g/mol. The number of carboxylic acid groups (broad SMARTS) is 3. The summed E-state index contributed by atoms with van der Waals surface area (Å²) in [6, 6.07) is -0.928. The highest BCUT2D eigenvalue weighted by molar-refractivity contribution is 5.90. The normalized spacial score (nSPS) is 16.6. The number of ketones is 2. The molecule has 0 heterocycles. The number of hydrogen-bond donors (Lipinski definition) is 5. The van der Waals surface area contributed by atoms with Crippen molar-refractivity contribution in [1.82, 2.24) is 10.6 Å². The van der Waals surface area contributed by atoms with Crippen molar-refractivity contribution in [2.45, 2.75) is 199 Å². The van der Waals surface area contributed by atoms with Gasteiger partial charge in [0.05, 0.1) is 12.0 Å². The maximum atomic E-state index is 13.0. The molecule has 0 saturated heterocycles. The van der Waals surface area contributed by atoms with Gasteiger partial charge in [-0.05, 0) is 63.7 Å². The minimum absolute atomic E-state index is 0.0286. The summed E-state index contributed by atoms with van der Waals surface area (Å²) < 4.78 is 0. The van der Waals surface area contributed by atoms with Crippen LogP contribution >= 0.6 is 0 Å². The van der Waals surface area contributed by atoms with E-state index in [2.05, 4.69) is 10.6 Å². The standard InChI is InChI=1S/C42H72N2O10/c1-2-19-36(45)35(27-29-41(51)52)44-39(48)28-26-34(42(53)54)30-37(46)33-24-22-32(23-25-33)31-43-38(47)20-17-15-13-11-9-7-5-3-4-6-8-10-12-14-16-18-21-40(49)50/h32-35H,2-31H2,1H3,(H,43,47)(H,44,48)(H,49,50)(H,51,52)(H,53,54). The van der Waals surface area contributed by atoms with Gasteiger partial charge in [-0.25, -0.2) is 0 Å². The molecule has 2 atom stereocenters. The van der Waals surface area contributed by atoms with Crippen LogP contribution in [0.4, 0.5) is 0 Å². The number of hydrogen-bond acceptors (Lipinski definition) is 7. The molecular formula is C42H72N2O10. The summed E-state index contributed by atoms with van der Waals surface area (Å²) in [5, 5.41) is 33.0. The van der Waals surface area contributed by atoms with E-state index in [9.17, 15) is 38.7 Å². The van der Waals surface area contributed by atoms with Gasteiger partial charge in [-0.3, -0.25) is 33.6 Å². The number of Topliss-reactive ketones (excluding diaryl/α,β-unsaturated/α-hetero) is 2. The third-order valence-electron chi connectivity index (χ3n) is 10.8. The van der Waals surface area contributed by atoms with E-state index in [-0.39, 0.29) is 61.9 Å². The minimum Gasteiger partial charge on any atom is -0.481 e. The molecule has 1 rings (SSSR count). The van der Waals surface area contributed by atoms with E-state index in [1.165, 1.54) is 64.2 Å². The van der Waals surface area contributed by atoms with Crippen molar-refractivity contribution < 1.29 is 48.9 Å². The molecule has 1 aliphatic carbocycles.